The smallest absolute Gasteiger partial charge is 0.257 e. The molecule has 2 N–H and O–H groups in total. The number of hydrogen-bond acceptors (Lipinski definition) is 3. The van der Waals surface area contributed by atoms with E-state index < -0.39 is 10.0 Å². The van der Waals surface area contributed by atoms with Gasteiger partial charge in [0.25, 0.3) is 10.0 Å². The molecule has 0 radical (unpaired) electrons. The van der Waals surface area contributed by atoms with Crippen LogP contribution in [0.15, 0.2) is 114 Å². The van der Waals surface area contributed by atoms with Crippen LogP contribution in [-0.4, -0.2) is 8.42 Å². The highest BCUT2D eigenvalue weighted by Crippen LogP contribution is 2.23. The van der Waals surface area contributed by atoms with Gasteiger partial charge in [-0.15, -0.1) is 4.83 Å². The molecule has 0 unspecified atom stereocenters. The molecule has 4 nitrogen and oxygen atoms in total. The van der Waals surface area contributed by atoms with Gasteiger partial charge in [0, 0.05) is 0 Å². The van der Waals surface area contributed by atoms with Crippen molar-refractivity contribution < 1.29 is 8.42 Å². The standard InChI is InChI=1S/C27H24N2O2S/c1-21-12-18-26(19-13-21)32(30,31)29-28-27(20-22-8-4-2-5-9-22)25-16-14-24(15-17-25)23-10-6-3-7-11-23/h2-20,28-29H,1H3/b27-20+. The van der Waals surface area contributed by atoms with Gasteiger partial charge in [0.05, 0.1) is 10.6 Å². The second kappa shape index (κ2) is 9.64. The van der Waals surface area contributed by atoms with E-state index in [0.717, 1.165) is 27.8 Å². The molecular formula is C27H24N2O2S. The monoisotopic (exact) mass is 440 g/mol. The molecule has 160 valence electrons. The molecule has 0 bridgehead atoms. The number of aryl methyl sites for hydroxylation is 1. The molecule has 0 aromatic heterocycles. The van der Waals surface area contributed by atoms with Gasteiger partial charge < -0.3 is 5.43 Å². The highest BCUT2D eigenvalue weighted by molar-refractivity contribution is 7.89. The molecule has 0 aliphatic carbocycles. The van der Waals surface area contributed by atoms with E-state index in [1.807, 2.05) is 85.8 Å². The van der Waals surface area contributed by atoms with Crippen LogP contribution in [0, 0.1) is 6.92 Å². The Labute approximate surface area is 189 Å². The molecule has 0 spiro atoms. The fourth-order valence-electron chi connectivity index (χ4n) is 3.28. The number of hydrazine groups is 1. The van der Waals surface area contributed by atoms with Gasteiger partial charge in [0.15, 0.2) is 0 Å². The van der Waals surface area contributed by atoms with Crippen molar-refractivity contribution in [1.29, 1.82) is 0 Å². The number of rotatable bonds is 7. The van der Waals surface area contributed by atoms with Crippen LogP contribution < -0.4 is 10.3 Å². The lowest BCUT2D eigenvalue weighted by Gasteiger charge is -2.14. The van der Waals surface area contributed by atoms with Crippen LogP contribution in [-0.2, 0) is 10.0 Å². The predicted octanol–water partition coefficient (Wildman–Crippen LogP) is 5.64. The van der Waals surface area contributed by atoms with Crippen LogP contribution in [0.5, 0.6) is 0 Å². The zero-order valence-electron chi connectivity index (χ0n) is 17.7. The van der Waals surface area contributed by atoms with E-state index in [4.69, 9.17) is 0 Å². The molecular weight excluding hydrogens is 416 g/mol. The SMILES string of the molecule is Cc1ccc(S(=O)(=O)NN/C(=C/c2ccccc2)c2ccc(-c3ccccc3)cc2)cc1. The molecule has 0 fully saturated rings. The average Bonchev–Trinajstić information content (AvgIpc) is 2.83. The van der Waals surface area contributed by atoms with Gasteiger partial charge in [-0.3, -0.25) is 0 Å². The van der Waals surface area contributed by atoms with E-state index in [2.05, 4.69) is 22.4 Å². The second-order valence-electron chi connectivity index (χ2n) is 7.46. The summed E-state index contributed by atoms with van der Waals surface area (Å²) >= 11 is 0. The molecule has 4 aromatic rings. The summed E-state index contributed by atoms with van der Waals surface area (Å²) < 4.78 is 25.5. The summed E-state index contributed by atoms with van der Waals surface area (Å²) in [6.07, 6.45) is 1.91. The Balaban J connectivity index is 1.62. The molecule has 0 amide bonds. The zero-order chi connectivity index (χ0) is 22.4. The number of sulfonamides is 1. The molecule has 0 saturated heterocycles. The van der Waals surface area contributed by atoms with Crippen LogP contribution in [0.3, 0.4) is 0 Å². The Kier molecular flexibility index (Phi) is 6.50. The van der Waals surface area contributed by atoms with E-state index in [-0.39, 0.29) is 4.90 Å². The topological polar surface area (TPSA) is 58.2 Å². The minimum Gasteiger partial charge on any atom is -0.307 e. The third-order valence-corrected chi connectivity index (χ3v) is 6.33. The Hall–Kier alpha value is -3.67. The summed E-state index contributed by atoms with van der Waals surface area (Å²) in [5.74, 6) is 0. The van der Waals surface area contributed by atoms with Crippen molar-refractivity contribution in [1.82, 2.24) is 10.3 Å². The van der Waals surface area contributed by atoms with E-state index in [1.165, 1.54) is 0 Å². The minimum atomic E-state index is -3.73. The Bertz CT molecular complexity index is 1300. The molecule has 5 heteroatoms. The summed E-state index contributed by atoms with van der Waals surface area (Å²) in [4.78, 5) is 2.72. The van der Waals surface area contributed by atoms with Crippen molar-refractivity contribution in [2.24, 2.45) is 0 Å². The molecule has 0 saturated carbocycles. The average molecular weight is 441 g/mol. The lowest BCUT2D eigenvalue weighted by Crippen LogP contribution is -2.36. The molecule has 4 aromatic carbocycles. The van der Waals surface area contributed by atoms with Gasteiger partial charge in [-0.25, -0.2) is 8.42 Å². The van der Waals surface area contributed by atoms with Crippen LogP contribution in [0.2, 0.25) is 0 Å². The number of hydrogen-bond donors (Lipinski definition) is 2. The first-order valence-corrected chi connectivity index (χ1v) is 11.8. The van der Waals surface area contributed by atoms with E-state index in [9.17, 15) is 8.42 Å². The molecule has 0 aliphatic rings. The first-order valence-electron chi connectivity index (χ1n) is 10.3. The molecule has 32 heavy (non-hydrogen) atoms. The van der Waals surface area contributed by atoms with Crippen molar-refractivity contribution in [2.45, 2.75) is 11.8 Å². The van der Waals surface area contributed by atoms with Crippen molar-refractivity contribution in [3.8, 4) is 11.1 Å². The first kappa shape index (κ1) is 21.6. The van der Waals surface area contributed by atoms with Crippen LogP contribution in [0.4, 0.5) is 0 Å². The maximum Gasteiger partial charge on any atom is 0.257 e. The van der Waals surface area contributed by atoms with Gasteiger partial charge in [0.1, 0.15) is 0 Å². The fourth-order valence-corrected chi connectivity index (χ4v) is 4.14. The van der Waals surface area contributed by atoms with Gasteiger partial charge in [-0.2, -0.15) is 0 Å². The molecule has 4 rings (SSSR count). The second-order valence-corrected chi connectivity index (χ2v) is 9.14. The van der Waals surface area contributed by atoms with Gasteiger partial charge in [0.2, 0.25) is 0 Å². The summed E-state index contributed by atoms with van der Waals surface area (Å²) in [6, 6.07) is 34.6. The zero-order valence-corrected chi connectivity index (χ0v) is 18.5. The highest BCUT2D eigenvalue weighted by Gasteiger charge is 2.14. The Morgan fingerprint density at radius 1 is 0.688 bits per heavy atom. The number of benzene rings is 4. The maximum atomic E-state index is 12.8. The highest BCUT2D eigenvalue weighted by atomic mass is 32.2. The van der Waals surface area contributed by atoms with Crippen LogP contribution in [0.25, 0.3) is 22.9 Å². The van der Waals surface area contributed by atoms with Crippen molar-refractivity contribution >= 4 is 21.8 Å². The van der Waals surface area contributed by atoms with Crippen LogP contribution in [0.1, 0.15) is 16.7 Å². The van der Waals surface area contributed by atoms with E-state index in [0.29, 0.717) is 5.70 Å². The third-order valence-electron chi connectivity index (χ3n) is 5.06. The van der Waals surface area contributed by atoms with Gasteiger partial charge in [-0.1, -0.05) is 103 Å². The van der Waals surface area contributed by atoms with E-state index in [1.54, 1.807) is 24.3 Å². The maximum absolute atomic E-state index is 12.8. The minimum absolute atomic E-state index is 0.203. The van der Waals surface area contributed by atoms with Gasteiger partial charge in [-0.05, 0) is 47.4 Å². The largest absolute Gasteiger partial charge is 0.307 e. The lowest BCUT2D eigenvalue weighted by atomic mass is 10.0. The molecule has 0 atom stereocenters. The third kappa shape index (κ3) is 5.32. The van der Waals surface area contributed by atoms with Crippen molar-refractivity contribution in [2.75, 3.05) is 0 Å². The van der Waals surface area contributed by atoms with Gasteiger partial charge >= 0.3 is 0 Å². The Morgan fingerprint density at radius 3 is 1.88 bits per heavy atom. The normalized spacial score (nSPS) is 11.8. The van der Waals surface area contributed by atoms with Crippen LogP contribution >= 0.6 is 0 Å². The van der Waals surface area contributed by atoms with Crippen molar-refractivity contribution in [3.63, 3.8) is 0 Å². The van der Waals surface area contributed by atoms with Crippen molar-refractivity contribution in [3.05, 3.63) is 126 Å². The molecule has 0 heterocycles. The summed E-state index contributed by atoms with van der Waals surface area (Å²) in [6.45, 7) is 1.92. The van der Waals surface area contributed by atoms with E-state index >= 15 is 0 Å². The Morgan fingerprint density at radius 2 is 1.25 bits per heavy atom. The summed E-state index contributed by atoms with van der Waals surface area (Å²) in [5, 5.41) is 0. The number of nitrogens with one attached hydrogen (secondary N) is 2. The predicted molar refractivity (Wildman–Crippen MR) is 131 cm³/mol. The first-order chi connectivity index (χ1) is 15.5. The molecule has 0 aliphatic heterocycles. The quantitative estimate of drug-likeness (QED) is 0.289. The lowest BCUT2D eigenvalue weighted by molar-refractivity contribution is 0.576. The summed E-state index contributed by atoms with van der Waals surface area (Å²) in [7, 11) is -3.73. The fraction of sp³-hybridized carbons (Fsp3) is 0.0370. The summed E-state index contributed by atoms with van der Waals surface area (Å²) in [5.41, 5.74) is 8.60.